The molecule has 0 N–H and O–H groups in total. The van der Waals surface area contributed by atoms with Gasteiger partial charge in [-0.15, -0.1) is 0 Å². The van der Waals surface area contributed by atoms with Crippen LogP contribution >= 0.6 is 34.2 Å². The molecule has 1 unspecified atom stereocenters. The third-order valence-electron chi connectivity index (χ3n) is 3.07. The molecule has 2 rings (SSSR count). The molecule has 0 spiro atoms. The summed E-state index contributed by atoms with van der Waals surface area (Å²) in [5.41, 5.74) is 2.01. The Morgan fingerprint density at radius 2 is 1.86 bits per heavy atom. The van der Waals surface area contributed by atoms with Gasteiger partial charge in [0.05, 0.1) is 9.26 Å². The average Bonchev–Trinajstić information content (AvgIpc) is 2.45. The first kappa shape index (κ1) is 16.6. The molecule has 1 atom stereocenters. The highest BCUT2D eigenvalue weighted by Gasteiger charge is 2.20. The van der Waals surface area contributed by atoms with Gasteiger partial charge in [-0.25, -0.2) is 9.97 Å². The molecular weight excluding hydrogens is 399 g/mol. The summed E-state index contributed by atoms with van der Waals surface area (Å²) in [5, 5.41) is 0.495. The number of nitrogens with zero attached hydrogens (tertiary/aromatic N) is 2. The predicted octanol–water partition coefficient (Wildman–Crippen LogP) is 4.67. The Balaban J connectivity index is 2.45. The second-order valence-corrected chi connectivity index (χ2v) is 6.69. The molecule has 21 heavy (non-hydrogen) atoms. The van der Waals surface area contributed by atoms with Crippen molar-refractivity contribution >= 4 is 34.2 Å². The lowest BCUT2D eigenvalue weighted by Crippen LogP contribution is -2.12. The quantitative estimate of drug-likeness (QED) is 0.525. The van der Waals surface area contributed by atoms with Crippen LogP contribution < -0.4 is 0 Å². The third-order valence-corrected chi connectivity index (χ3v) is 4.80. The maximum absolute atomic E-state index is 6.28. The lowest BCUT2D eigenvalue weighted by Gasteiger charge is -2.17. The monoisotopic (exact) mass is 416 g/mol. The molecule has 0 fully saturated rings. The highest BCUT2D eigenvalue weighted by molar-refractivity contribution is 14.1. The highest BCUT2D eigenvalue weighted by Crippen LogP contribution is 2.27. The van der Waals surface area contributed by atoms with Crippen LogP contribution in [-0.4, -0.2) is 17.1 Å². The van der Waals surface area contributed by atoms with E-state index in [1.54, 1.807) is 7.11 Å². The van der Waals surface area contributed by atoms with Gasteiger partial charge in [0.1, 0.15) is 11.3 Å². The van der Waals surface area contributed by atoms with Crippen LogP contribution in [0, 0.1) is 9.49 Å². The normalized spacial score (nSPS) is 12.7. The van der Waals surface area contributed by atoms with Crippen LogP contribution in [0.3, 0.4) is 0 Å². The molecule has 3 nitrogen and oxygen atoms in total. The van der Waals surface area contributed by atoms with Gasteiger partial charge >= 0.3 is 0 Å². The molecular formula is C16H18ClIN2O. The van der Waals surface area contributed by atoms with Crippen LogP contribution in [0.2, 0.25) is 5.15 Å². The van der Waals surface area contributed by atoms with Gasteiger partial charge in [-0.2, -0.15) is 0 Å². The molecule has 1 heterocycles. The van der Waals surface area contributed by atoms with Gasteiger partial charge in [0.25, 0.3) is 0 Å². The smallest absolute Gasteiger partial charge is 0.163 e. The zero-order chi connectivity index (χ0) is 15.4. The molecule has 0 aliphatic rings. The number of hydrogen-bond acceptors (Lipinski definition) is 3. The van der Waals surface area contributed by atoms with E-state index in [2.05, 4.69) is 41.4 Å². The van der Waals surface area contributed by atoms with Gasteiger partial charge in [0.2, 0.25) is 0 Å². The molecule has 0 aliphatic heterocycles. The Kier molecular flexibility index (Phi) is 5.96. The van der Waals surface area contributed by atoms with Crippen LogP contribution in [0.5, 0.6) is 0 Å². The first-order chi connectivity index (χ1) is 10.0. The Bertz CT molecular complexity index is 605. The van der Waals surface area contributed by atoms with Crippen molar-refractivity contribution in [3.8, 4) is 0 Å². The van der Waals surface area contributed by atoms with Crippen LogP contribution in [-0.2, 0) is 11.2 Å². The molecule has 0 radical (unpaired) electrons. The Morgan fingerprint density at radius 1 is 1.19 bits per heavy atom. The number of methoxy groups -OCH3 is 1. The topological polar surface area (TPSA) is 35.0 Å². The molecule has 1 aromatic heterocycles. The zero-order valence-corrected chi connectivity index (χ0v) is 15.2. The summed E-state index contributed by atoms with van der Waals surface area (Å²) in [7, 11) is 1.66. The average molecular weight is 417 g/mol. The molecule has 2 aromatic rings. The van der Waals surface area contributed by atoms with Crippen molar-refractivity contribution in [2.45, 2.75) is 26.4 Å². The first-order valence-corrected chi connectivity index (χ1v) is 8.28. The summed E-state index contributed by atoms with van der Waals surface area (Å²) in [4.78, 5) is 9.10. The summed E-state index contributed by atoms with van der Waals surface area (Å²) >= 11 is 8.48. The van der Waals surface area contributed by atoms with E-state index in [-0.39, 0.29) is 6.10 Å². The van der Waals surface area contributed by atoms with E-state index in [1.807, 2.05) is 30.3 Å². The fourth-order valence-corrected chi connectivity index (χ4v) is 2.80. The fraction of sp³-hybridized carbons (Fsp3) is 0.375. The third kappa shape index (κ3) is 4.14. The summed E-state index contributed by atoms with van der Waals surface area (Å²) in [6.07, 6.45) is 0.574. The standard InChI is InChI=1S/C16H18ClIN2O/c1-10(2)9-12-13(18)15(17)20-16(19-12)14(21-3)11-7-5-4-6-8-11/h4-8,10,14H,9H2,1-3H3. The number of halogens is 2. The zero-order valence-electron chi connectivity index (χ0n) is 12.3. The minimum absolute atomic E-state index is 0.299. The summed E-state index contributed by atoms with van der Waals surface area (Å²) in [6.45, 7) is 4.33. The minimum atomic E-state index is -0.299. The molecule has 0 aliphatic carbocycles. The first-order valence-electron chi connectivity index (χ1n) is 6.82. The number of benzene rings is 1. The van der Waals surface area contributed by atoms with Crippen LogP contribution in [0.4, 0.5) is 0 Å². The van der Waals surface area contributed by atoms with Crippen LogP contribution in [0.15, 0.2) is 30.3 Å². The molecule has 0 saturated carbocycles. The Labute approximate surface area is 144 Å². The van der Waals surface area contributed by atoms with Crippen molar-refractivity contribution < 1.29 is 4.74 Å². The van der Waals surface area contributed by atoms with Gasteiger partial charge in [0, 0.05) is 7.11 Å². The second kappa shape index (κ2) is 7.51. The Hall–Kier alpha value is -0.720. The highest BCUT2D eigenvalue weighted by atomic mass is 127. The SMILES string of the molecule is COC(c1ccccc1)c1nc(Cl)c(I)c(CC(C)C)n1. The van der Waals surface area contributed by atoms with E-state index in [1.165, 1.54) is 0 Å². The van der Waals surface area contributed by atoms with E-state index in [9.17, 15) is 0 Å². The lowest BCUT2D eigenvalue weighted by atomic mass is 10.1. The van der Waals surface area contributed by atoms with E-state index in [0.29, 0.717) is 16.9 Å². The maximum atomic E-state index is 6.28. The van der Waals surface area contributed by atoms with Crippen molar-refractivity contribution in [3.05, 3.63) is 56.1 Å². The molecule has 0 bridgehead atoms. The van der Waals surface area contributed by atoms with Crippen molar-refractivity contribution in [2.75, 3.05) is 7.11 Å². The van der Waals surface area contributed by atoms with Crippen molar-refractivity contribution in [1.29, 1.82) is 0 Å². The molecule has 1 aromatic carbocycles. The summed E-state index contributed by atoms with van der Waals surface area (Å²) < 4.78 is 6.52. The number of rotatable bonds is 5. The largest absolute Gasteiger partial charge is 0.369 e. The number of ether oxygens (including phenoxy) is 1. The van der Waals surface area contributed by atoms with E-state index < -0.39 is 0 Å². The van der Waals surface area contributed by atoms with E-state index in [4.69, 9.17) is 21.3 Å². The van der Waals surface area contributed by atoms with E-state index >= 15 is 0 Å². The Morgan fingerprint density at radius 3 is 2.43 bits per heavy atom. The maximum Gasteiger partial charge on any atom is 0.163 e. The number of aromatic nitrogens is 2. The second-order valence-electron chi connectivity index (χ2n) is 5.26. The summed E-state index contributed by atoms with van der Waals surface area (Å²) in [6, 6.07) is 9.94. The molecule has 112 valence electrons. The van der Waals surface area contributed by atoms with Crippen molar-refractivity contribution in [3.63, 3.8) is 0 Å². The summed E-state index contributed by atoms with van der Waals surface area (Å²) in [5.74, 6) is 1.12. The van der Waals surface area contributed by atoms with Crippen molar-refractivity contribution in [1.82, 2.24) is 9.97 Å². The predicted molar refractivity (Wildman–Crippen MR) is 93.6 cm³/mol. The fourth-order valence-electron chi connectivity index (χ4n) is 2.14. The molecule has 0 saturated heterocycles. The van der Waals surface area contributed by atoms with Crippen LogP contribution in [0.1, 0.15) is 37.0 Å². The van der Waals surface area contributed by atoms with Crippen molar-refractivity contribution in [2.24, 2.45) is 5.92 Å². The lowest BCUT2D eigenvalue weighted by molar-refractivity contribution is 0.128. The van der Waals surface area contributed by atoms with Gasteiger partial charge in [-0.1, -0.05) is 55.8 Å². The van der Waals surface area contributed by atoms with Gasteiger partial charge in [0.15, 0.2) is 5.82 Å². The van der Waals surface area contributed by atoms with Gasteiger partial charge in [-0.05, 0) is 40.5 Å². The number of hydrogen-bond donors (Lipinski definition) is 0. The van der Waals surface area contributed by atoms with E-state index in [0.717, 1.165) is 21.2 Å². The van der Waals surface area contributed by atoms with Gasteiger partial charge < -0.3 is 4.74 Å². The molecule has 0 amide bonds. The minimum Gasteiger partial charge on any atom is -0.369 e. The van der Waals surface area contributed by atoms with Crippen LogP contribution in [0.25, 0.3) is 0 Å². The van der Waals surface area contributed by atoms with Gasteiger partial charge in [-0.3, -0.25) is 0 Å². The molecule has 5 heteroatoms.